The van der Waals surface area contributed by atoms with Crippen LogP contribution in [0.5, 0.6) is 0 Å². The van der Waals surface area contributed by atoms with Crippen LogP contribution in [-0.4, -0.2) is 48.6 Å². The minimum absolute atomic E-state index is 0.00399. The molecule has 0 saturated heterocycles. The van der Waals surface area contributed by atoms with E-state index in [4.69, 9.17) is 14.9 Å². The predicted molar refractivity (Wildman–Crippen MR) is 51.8 cm³/mol. The van der Waals surface area contributed by atoms with Crippen molar-refractivity contribution in [1.82, 2.24) is 5.32 Å². The van der Waals surface area contributed by atoms with Crippen molar-refractivity contribution < 1.29 is 19.7 Å². The zero-order valence-corrected chi connectivity index (χ0v) is 8.53. The molecule has 5 heteroatoms. The summed E-state index contributed by atoms with van der Waals surface area (Å²) in [6.45, 7) is 2.79. The van der Waals surface area contributed by atoms with E-state index in [2.05, 4.69) is 5.32 Å². The normalized spacial score (nSPS) is 12.5. The molecule has 0 aromatic carbocycles. The van der Waals surface area contributed by atoms with Gasteiger partial charge in [-0.1, -0.05) is 0 Å². The van der Waals surface area contributed by atoms with Gasteiger partial charge < -0.3 is 20.3 Å². The average Bonchev–Trinajstić information content (AvgIpc) is 2.14. The topological polar surface area (TPSA) is 78.8 Å². The van der Waals surface area contributed by atoms with E-state index in [1.54, 1.807) is 6.92 Å². The van der Waals surface area contributed by atoms with Crippen LogP contribution in [0.3, 0.4) is 0 Å². The fourth-order valence-electron chi connectivity index (χ4n) is 0.858. The molecule has 1 unspecified atom stereocenters. The van der Waals surface area contributed by atoms with E-state index in [9.17, 15) is 4.79 Å². The Labute approximate surface area is 84.1 Å². The Balaban J connectivity index is 3.18. The first-order valence-electron chi connectivity index (χ1n) is 4.80. The largest absolute Gasteiger partial charge is 0.394 e. The standard InChI is InChI=1S/C9H19NO4/c1-8(12)2-3-9(13)10-4-6-14-7-5-11/h8,11-12H,2-7H2,1H3,(H,10,13). The van der Waals surface area contributed by atoms with Crippen LogP contribution in [0.2, 0.25) is 0 Å². The smallest absolute Gasteiger partial charge is 0.220 e. The molecule has 14 heavy (non-hydrogen) atoms. The minimum Gasteiger partial charge on any atom is -0.394 e. The van der Waals surface area contributed by atoms with Crippen LogP contribution >= 0.6 is 0 Å². The third-order valence-electron chi connectivity index (χ3n) is 1.59. The van der Waals surface area contributed by atoms with E-state index in [-0.39, 0.29) is 12.5 Å². The lowest BCUT2D eigenvalue weighted by atomic mass is 10.2. The minimum atomic E-state index is -0.439. The number of nitrogens with one attached hydrogen (secondary N) is 1. The van der Waals surface area contributed by atoms with E-state index in [0.717, 1.165) is 0 Å². The molecule has 3 N–H and O–H groups in total. The first-order valence-corrected chi connectivity index (χ1v) is 4.80. The second-order valence-corrected chi connectivity index (χ2v) is 3.07. The summed E-state index contributed by atoms with van der Waals surface area (Å²) in [6, 6.07) is 0. The van der Waals surface area contributed by atoms with Gasteiger partial charge in [-0.15, -0.1) is 0 Å². The third kappa shape index (κ3) is 9.44. The molecule has 5 nitrogen and oxygen atoms in total. The van der Waals surface area contributed by atoms with Crippen LogP contribution < -0.4 is 5.32 Å². The summed E-state index contributed by atoms with van der Waals surface area (Å²) in [5, 5.41) is 19.9. The van der Waals surface area contributed by atoms with Crippen LogP contribution in [0.25, 0.3) is 0 Å². The van der Waals surface area contributed by atoms with Crippen molar-refractivity contribution in [1.29, 1.82) is 0 Å². The van der Waals surface area contributed by atoms with Gasteiger partial charge in [-0.3, -0.25) is 4.79 Å². The molecule has 0 aromatic rings. The van der Waals surface area contributed by atoms with E-state index >= 15 is 0 Å². The van der Waals surface area contributed by atoms with Crippen LogP contribution in [0.1, 0.15) is 19.8 Å². The monoisotopic (exact) mass is 205 g/mol. The zero-order valence-electron chi connectivity index (χ0n) is 8.53. The summed E-state index contributed by atoms with van der Waals surface area (Å²) in [4.78, 5) is 11.1. The Morgan fingerprint density at radius 2 is 2.21 bits per heavy atom. The molecule has 0 radical (unpaired) electrons. The molecule has 84 valence electrons. The van der Waals surface area contributed by atoms with E-state index in [1.165, 1.54) is 0 Å². The molecular weight excluding hydrogens is 186 g/mol. The van der Waals surface area contributed by atoms with Crippen LogP contribution in [0.4, 0.5) is 0 Å². The number of hydrogen-bond acceptors (Lipinski definition) is 4. The zero-order chi connectivity index (χ0) is 10.8. The van der Waals surface area contributed by atoms with Gasteiger partial charge >= 0.3 is 0 Å². The van der Waals surface area contributed by atoms with Gasteiger partial charge in [-0.2, -0.15) is 0 Å². The number of carbonyl (C=O) groups is 1. The number of aliphatic hydroxyl groups is 2. The number of rotatable bonds is 8. The Hall–Kier alpha value is -0.650. The molecule has 0 fully saturated rings. The highest BCUT2D eigenvalue weighted by molar-refractivity contribution is 5.75. The highest BCUT2D eigenvalue weighted by Crippen LogP contribution is 1.94. The van der Waals surface area contributed by atoms with E-state index in [0.29, 0.717) is 32.6 Å². The van der Waals surface area contributed by atoms with Gasteiger partial charge in [-0.05, 0) is 13.3 Å². The molecule has 0 rings (SSSR count). The summed E-state index contributed by atoms with van der Waals surface area (Å²) < 4.78 is 4.94. The molecule has 0 aliphatic carbocycles. The van der Waals surface area contributed by atoms with Crippen molar-refractivity contribution in [2.45, 2.75) is 25.9 Å². The van der Waals surface area contributed by atoms with Gasteiger partial charge in [0.1, 0.15) is 0 Å². The Morgan fingerprint density at radius 3 is 2.79 bits per heavy atom. The molecule has 1 atom stereocenters. The maximum absolute atomic E-state index is 11.1. The molecule has 1 amide bonds. The summed E-state index contributed by atoms with van der Waals surface area (Å²) in [6.07, 6.45) is 0.368. The molecular formula is C9H19NO4. The summed E-state index contributed by atoms with van der Waals surface area (Å²) in [5.41, 5.74) is 0. The molecule has 0 bridgehead atoms. The van der Waals surface area contributed by atoms with Crippen molar-refractivity contribution in [3.63, 3.8) is 0 Å². The Kier molecular flexibility index (Phi) is 8.51. The molecule has 0 aliphatic rings. The van der Waals surface area contributed by atoms with Crippen LogP contribution in [-0.2, 0) is 9.53 Å². The van der Waals surface area contributed by atoms with Gasteiger partial charge in [0.15, 0.2) is 0 Å². The Morgan fingerprint density at radius 1 is 1.50 bits per heavy atom. The quantitative estimate of drug-likeness (QED) is 0.457. The van der Waals surface area contributed by atoms with Crippen molar-refractivity contribution in [3.05, 3.63) is 0 Å². The number of ether oxygens (including phenoxy) is 1. The first kappa shape index (κ1) is 13.4. The highest BCUT2D eigenvalue weighted by Gasteiger charge is 2.02. The lowest BCUT2D eigenvalue weighted by Gasteiger charge is -2.06. The van der Waals surface area contributed by atoms with E-state index < -0.39 is 6.10 Å². The third-order valence-corrected chi connectivity index (χ3v) is 1.59. The summed E-state index contributed by atoms with van der Waals surface area (Å²) in [7, 11) is 0. The van der Waals surface area contributed by atoms with Gasteiger partial charge in [0, 0.05) is 13.0 Å². The SMILES string of the molecule is CC(O)CCC(=O)NCCOCCO. The Bertz CT molecular complexity index is 150. The van der Waals surface area contributed by atoms with Crippen molar-refractivity contribution >= 4 is 5.91 Å². The lowest BCUT2D eigenvalue weighted by Crippen LogP contribution is -2.28. The fraction of sp³-hybridized carbons (Fsp3) is 0.889. The molecule has 0 aromatic heterocycles. The maximum Gasteiger partial charge on any atom is 0.220 e. The van der Waals surface area contributed by atoms with Gasteiger partial charge in [0.2, 0.25) is 5.91 Å². The summed E-state index contributed by atoms with van der Waals surface area (Å²) >= 11 is 0. The van der Waals surface area contributed by atoms with Gasteiger partial charge in [-0.25, -0.2) is 0 Å². The molecule has 0 spiro atoms. The molecule has 0 saturated carbocycles. The highest BCUT2D eigenvalue weighted by atomic mass is 16.5. The lowest BCUT2D eigenvalue weighted by molar-refractivity contribution is -0.121. The van der Waals surface area contributed by atoms with Crippen molar-refractivity contribution in [2.75, 3.05) is 26.4 Å². The number of amides is 1. The van der Waals surface area contributed by atoms with Crippen molar-refractivity contribution in [2.24, 2.45) is 0 Å². The second-order valence-electron chi connectivity index (χ2n) is 3.07. The van der Waals surface area contributed by atoms with Crippen LogP contribution in [0.15, 0.2) is 0 Å². The molecule has 0 heterocycles. The number of hydrogen-bond donors (Lipinski definition) is 3. The van der Waals surface area contributed by atoms with E-state index in [1.807, 2.05) is 0 Å². The van der Waals surface area contributed by atoms with Crippen LogP contribution in [0, 0.1) is 0 Å². The average molecular weight is 205 g/mol. The van der Waals surface area contributed by atoms with Gasteiger partial charge in [0.25, 0.3) is 0 Å². The number of aliphatic hydroxyl groups excluding tert-OH is 2. The number of carbonyl (C=O) groups excluding carboxylic acids is 1. The predicted octanol–water partition coefficient (Wildman–Crippen LogP) is -0.727. The van der Waals surface area contributed by atoms with Crippen molar-refractivity contribution in [3.8, 4) is 0 Å². The fourth-order valence-corrected chi connectivity index (χ4v) is 0.858. The molecule has 0 aliphatic heterocycles. The second kappa shape index (κ2) is 8.93. The maximum atomic E-state index is 11.1. The first-order chi connectivity index (χ1) is 6.66. The summed E-state index contributed by atoms with van der Waals surface area (Å²) in [5.74, 6) is -0.0847. The van der Waals surface area contributed by atoms with Gasteiger partial charge in [0.05, 0.1) is 25.9 Å².